The van der Waals surface area contributed by atoms with Crippen LogP contribution in [0.4, 0.5) is 11.4 Å². The molecular weight excluding hydrogens is 384 g/mol. The maximum Gasteiger partial charge on any atom is 0.271 e. The van der Waals surface area contributed by atoms with Crippen LogP contribution in [-0.4, -0.2) is 21.3 Å². The van der Waals surface area contributed by atoms with E-state index in [-0.39, 0.29) is 17.7 Å². The minimum atomic E-state index is -0.502. The summed E-state index contributed by atoms with van der Waals surface area (Å²) in [5.74, 6) is 0.458. The molecular formula is C19H16N2O4S2. The van der Waals surface area contributed by atoms with Gasteiger partial charge < -0.3 is 4.74 Å². The van der Waals surface area contributed by atoms with Gasteiger partial charge in [-0.1, -0.05) is 42.2 Å². The smallest absolute Gasteiger partial charge is 0.271 e. The molecule has 1 aliphatic rings. The van der Waals surface area contributed by atoms with E-state index in [0.717, 1.165) is 11.3 Å². The molecule has 6 nitrogen and oxygen atoms in total. The number of thiocarbonyl (C=S) groups is 1. The SMILES string of the molecule is CC(C)Oc1ccc(/C=C2/SC(=S)N(c3cccc([N+](=O)[O-])c3)C2=O)cc1. The Morgan fingerprint density at radius 2 is 1.93 bits per heavy atom. The van der Waals surface area contributed by atoms with Gasteiger partial charge in [0, 0.05) is 12.1 Å². The normalized spacial score (nSPS) is 15.7. The van der Waals surface area contributed by atoms with Crippen molar-refractivity contribution in [2.75, 3.05) is 4.90 Å². The molecule has 0 bridgehead atoms. The van der Waals surface area contributed by atoms with Crippen LogP contribution in [0.2, 0.25) is 0 Å². The van der Waals surface area contributed by atoms with E-state index >= 15 is 0 Å². The predicted molar refractivity (Wildman–Crippen MR) is 111 cm³/mol. The van der Waals surface area contributed by atoms with Crippen LogP contribution < -0.4 is 9.64 Å². The Kier molecular flexibility index (Phi) is 5.57. The second kappa shape index (κ2) is 7.89. The number of hydrogen-bond acceptors (Lipinski definition) is 6. The van der Waals surface area contributed by atoms with Crippen molar-refractivity contribution in [1.29, 1.82) is 0 Å². The van der Waals surface area contributed by atoms with Gasteiger partial charge in [0.15, 0.2) is 4.32 Å². The average Bonchev–Trinajstić information content (AvgIpc) is 2.90. The van der Waals surface area contributed by atoms with E-state index in [1.165, 1.54) is 34.9 Å². The summed E-state index contributed by atoms with van der Waals surface area (Å²) in [7, 11) is 0. The molecule has 138 valence electrons. The van der Waals surface area contributed by atoms with Crippen molar-refractivity contribution in [3.05, 3.63) is 69.1 Å². The topological polar surface area (TPSA) is 72.7 Å². The molecule has 0 aromatic heterocycles. The van der Waals surface area contributed by atoms with Crippen LogP contribution in [0.1, 0.15) is 19.4 Å². The summed E-state index contributed by atoms with van der Waals surface area (Å²) < 4.78 is 5.95. The third-order valence-corrected chi connectivity index (χ3v) is 4.94. The minimum Gasteiger partial charge on any atom is -0.491 e. The molecule has 0 atom stereocenters. The van der Waals surface area contributed by atoms with Gasteiger partial charge in [0.2, 0.25) is 0 Å². The number of rotatable bonds is 5. The Hall–Kier alpha value is -2.71. The predicted octanol–water partition coefficient (Wildman–Crippen LogP) is 4.79. The van der Waals surface area contributed by atoms with E-state index in [1.807, 2.05) is 38.1 Å². The lowest BCUT2D eigenvalue weighted by Gasteiger charge is -2.14. The summed E-state index contributed by atoms with van der Waals surface area (Å²) in [4.78, 5) is 25.0. The van der Waals surface area contributed by atoms with Crippen LogP contribution in [0.3, 0.4) is 0 Å². The summed E-state index contributed by atoms with van der Waals surface area (Å²) in [5, 5.41) is 11.0. The number of nitrogens with zero attached hydrogens (tertiary/aromatic N) is 2. The zero-order valence-electron chi connectivity index (χ0n) is 14.6. The first kappa shape index (κ1) is 19.1. The molecule has 1 fully saturated rings. The van der Waals surface area contributed by atoms with Crippen LogP contribution in [0.25, 0.3) is 6.08 Å². The van der Waals surface area contributed by atoms with Crippen molar-refractivity contribution < 1.29 is 14.5 Å². The third kappa shape index (κ3) is 4.35. The van der Waals surface area contributed by atoms with Crippen LogP contribution in [-0.2, 0) is 4.79 Å². The summed E-state index contributed by atoms with van der Waals surface area (Å²) in [5.41, 5.74) is 1.13. The number of carbonyl (C=O) groups excluding carboxylic acids is 1. The maximum absolute atomic E-state index is 12.8. The second-order valence-corrected chi connectivity index (χ2v) is 7.71. The molecule has 1 heterocycles. The lowest BCUT2D eigenvalue weighted by molar-refractivity contribution is -0.384. The molecule has 0 spiro atoms. The molecule has 1 amide bonds. The van der Waals surface area contributed by atoms with Crippen LogP contribution in [0.5, 0.6) is 5.75 Å². The van der Waals surface area contributed by atoms with Gasteiger partial charge in [-0.2, -0.15) is 0 Å². The van der Waals surface area contributed by atoms with Crippen LogP contribution in [0.15, 0.2) is 53.4 Å². The number of nitro groups is 1. The van der Waals surface area contributed by atoms with E-state index in [1.54, 1.807) is 12.1 Å². The summed E-state index contributed by atoms with van der Waals surface area (Å²) in [6.45, 7) is 3.90. The fraction of sp³-hybridized carbons (Fsp3) is 0.158. The highest BCUT2D eigenvalue weighted by Gasteiger charge is 2.33. The van der Waals surface area contributed by atoms with Crippen LogP contribution >= 0.6 is 24.0 Å². The molecule has 0 saturated carbocycles. The second-order valence-electron chi connectivity index (χ2n) is 6.03. The minimum absolute atomic E-state index is 0.0852. The first-order valence-electron chi connectivity index (χ1n) is 8.14. The Labute approximate surface area is 166 Å². The van der Waals surface area contributed by atoms with E-state index in [0.29, 0.717) is 14.9 Å². The lowest BCUT2D eigenvalue weighted by atomic mass is 10.2. The molecule has 2 aromatic carbocycles. The molecule has 0 aliphatic carbocycles. The number of nitro benzene ring substituents is 1. The molecule has 0 N–H and O–H groups in total. The van der Waals surface area contributed by atoms with Crippen molar-refractivity contribution >= 4 is 51.7 Å². The molecule has 2 aromatic rings. The van der Waals surface area contributed by atoms with Gasteiger partial charge in [-0.25, -0.2) is 0 Å². The maximum atomic E-state index is 12.8. The van der Waals surface area contributed by atoms with Gasteiger partial charge >= 0.3 is 0 Å². The average molecular weight is 400 g/mol. The molecule has 0 unspecified atom stereocenters. The number of benzene rings is 2. The van der Waals surface area contributed by atoms with Gasteiger partial charge in [0.1, 0.15) is 5.75 Å². The van der Waals surface area contributed by atoms with Crippen molar-refractivity contribution in [3.8, 4) is 5.75 Å². The fourth-order valence-electron chi connectivity index (χ4n) is 2.50. The molecule has 1 aliphatic heterocycles. The number of non-ortho nitro benzene ring substituents is 1. The monoisotopic (exact) mass is 400 g/mol. The number of carbonyl (C=O) groups is 1. The van der Waals surface area contributed by atoms with E-state index in [4.69, 9.17) is 17.0 Å². The summed E-state index contributed by atoms with van der Waals surface area (Å²) in [6.07, 6.45) is 1.83. The number of ether oxygens (including phenoxy) is 1. The first-order chi connectivity index (χ1) is 12.8. The fourth-order valence-corrected chi connectivity index (χ4v) is 3.80. The highest BCUT2D eigenvalue weighted by Crippen LogP contribution is 2.37. The Bertz CT molecular complexity index is 939. The first-order valence-corrected chi connectivity index (χ1v) is 9.37. The Morgan fingerprint density at radius 3 is 2.56 bits per heavy atom. The van der Waals surface area contributed by atoms with Gasteiger partial charge in [-0.15, -0.1) is 0 Å². The van der Waals surface area contributed by atoms with E-state index in [9.17, 15) is 14.9 Å². The number of amides is 1. The zero-order chi connectivity index (χ0) is 19.6. The molecule has 27 heavy (non-hydrogen) atoms. The highest BCUT2D eigenvalue weighted by atomic mass is 32.2. The van der Waals surface area contributed by atoms with Crippen molar-refractivity contribution in [2.24, 2.45) is 0 Å². The van der Waals surface area contributed by atoms with Gasteiger partial charge in [0.05, 0.1) is 21.6 Å². The number of hydrogen-bond donors (Lipinski definition) is 0. The highest BCUT2D eigenvalue weighted by molar-refractivity contribution is 8.27. The van der Waals surface area contributed by atoms with Gasteiger partial charge in [-0.3, -0.25) is 19.8 Å². The quantitative estimate of drug-likeness (QED) is 0.311. The molecule has 3 rings (SSSR count). The Morgan fingerprint density at radius 1 is 1.22 bits per heavy atom. The van der Waals surface area contributed by atoms with E-state index < -0.39 is 4.92 Å². The van der Waals surface area contributed by atoms with Crippen molar-refractivity contribution in [1.82, 2.24) is 0 Å². The van der Waals surface area contributed by atoms with Crippen molar-refractivity contribution in [2.45, 2.75) is 20.0 Å². The number of thioether (sulfide) groups is 1. The molecule has 0 radical (unpaired) electrons. The van der Waals surface area contributed by atoms with Crippen molar-refractivity contribution in [3.63, 3.8) is 0 Å². The standard InChI is InChI=1S/C19H16N2O4S2/c1-12(2)25-16-8-6-13(7-9-16)10-17-18(22)20(19(26)27-17)14-4-3-5-15(11-14)21(23)24/h3-12H,1-2H3/b17-10+. The van der Waals surface area contributed by atoms with E-state index in [2.05, 4.69) is 0 Å². The molecule has 8 heteroatoms. The Balaban J connectivity index is 1.84. The zero-order valence-corrected chi connectivity index (χ0v) is 16.3. The molecule has 1 saturated heterocycles. The lowest BCUT2D eigenvalue weighted by Crippen LogP contribution is -2.27. The van der Waals surface area contributed by atoms with Gasteiger partial charge in [0.25, 0.3) is 11.6 Å². The number of anilines is 1. The van der Waals surface area contributed by atoms with Gasteiger partial charge in [-0.05, 0) is 43.7 Å². The summed E-state index contributed by atoms with van der Waals surface area (Å²) in [6, 6.07) is 13.3. The summed E-state index contributed by atoms with van der Waals surface area (Å²) >= 11 is 6.48. The third-order valence-electron chi connectivity index (χ3n) is 3.64. The largest absolute Gasteiger partial charge is 0.491 e. The van der Waals surface area contributed by atoms with Crippen LogP contribution in [0, 0.1) is 10.1 Å².